The van der Waals surface area contributed by atoms with Crippen molar-refractivity contribution in [2.24, 2.45) is 0 Å². The second-order valence-electron chi connectivity index (χ2n) is 6.77. The largest absolute Gasteiger partial charge is 0.452 e. The third kappa shape index (κ3) is 4.62. The maximum atomic E-state index is 12.9. The van der Waals surface area contributed by atoms with Gasteiger partial charge in [-0.15, -0.1) is 0 Å². The molecule has 1 aromatic rings. The summed E-state index contributed by atoms with van der Waals surface area (Å²) in [6, 6.07) is 4.01. The summed E-state index contributed by atoms with van der Waals surface area (Å²) >= 11 is 6.10. The number of sulfonamides is 1. The Morgan fingerprint density at radius 1 is 1.00 bits per heavy atom. The summed E-state index contributed by atoms with van der Waals surface area (Å²) in [7, 11) is -3.77. The van der Waals surface area contributed by atoms with Crippen LogP contribution in [0.2, 0.25) is 5.02 Å². The third-order valence-electron chi connectivity index (χ3n) is 4.89. The zero-order chi connectivity index (χ0) is 19.4. The van der Waals surface area contributed by atoms with Crippen LogP contribution in [0.3, 0.4) is 0 Å². The van der Waals surface area contributed by atoms with Crippen molar-refractivity contribution in [1.82, 2.24) is 9.21 Å². The van der Waals surface area contributed by atoms with Gasteiger partial charge in [0.2, 0.25) is 10.0 Å². The first-order valence-corrected chi connectivity index (χ1v) is 11.0. The molecule has 148 valence electrons. The smallest absolute Gasteiger partial charge is 0.338 e. The van der Waals surface area contributed by atoms with Gasteiger partial charge < -0.3 is 9.64 Å². The molecule has 0 saturated carbocycles. The highest BCUT2D eigenvalue weighted by Gasteiger charge is 2.29. The lowest BCUT2D eigenvalue weighted by molar-refractivity contribution is -0.133. The number of hydrogen-bond donors (Lipinski definition) is 0. The number of esters is 1. The van der Waals surface area contributed by atoms with E-state index in [0.717, 1.165) is 32.1 Å². The number of ether oxygens (including phenoxy) is 1. The van der Waals surface area contributed by atoms with E-state index in [1.807, 2.05) is 0 Å². The number of nitrogens with zero attached hydrogens (tertiary/aromatic N) is 2. The predicted molar refractivity (Wildman–Crippen MR) is 100 cm³/mol. The van der Waals surface area contributed by atoms with Crippen LogP contribution >= 0.6 is 11.6 Å². The van der Waals surface area contributed by atoms with Gasteiger partial charge in [0.25, 0.3) is 5.91 Å². The molecule has 0 aromatic heterocycles. The molecule has 1 aromatic carbocycles. The molecule has 2 heterocycles. The van der Waals surface area contributed by atoms with E-state index in [2.05, 4.69) is 0 Å². The van der Waals surface area contributed by atoms with Crippen molar-refractivity contribution in [3.8, 4) is 0 Å². The monoisotopic (exact) mass is 414 g/mol. The third-order valence-corrected chi connectivity index (χ3v) is 7.27. The lowest BCUT2D eigenvalue weighted by Gasteiger charge is -2.26. The van der Waals surface area contributed by atoms with E-state index in [1.54, 1.807) is 4.90 Å². The number of halogens is 1. The summed E-state index contributed by atoms with van der Waals surface area (Å²) in [5, 5.41) is 0.0604. The van der Waals surface area contributed by atoms with Gasteiger partial charge in [-0.3, -0.25) is 4.79 Å². The summed E-state index contributed by atoms with van der Waals surface area (Å²) in [6.07, 6.45) is 4.51. The van der Waals surface area contributed by atoms with Crippen LogP contribution in [-0.4, -0.2) is 62.3 Å². The van der Waals surface area contributed by atoms with E-state index in [-0.39, 0.29) is 28.0 Å². The zero-order valence-electron chi connectivity index (χ0n) is 15.0. The Hall–Kier alpha value is -1.64. The van der Waals surface area contributed by atoms with E-state index in [9.17, 15) is 18.0 Å². The quantitative estimate of drug-likeness (QED) is 0.690. The van der Waals surface area contributed by atoms with Crippen molar-refractivity contribution in [1.29, 1.82) is 0 Å². The molecular weight excluding hydrogens is 392 g/mol. The zero-order valence-corrected chi connectivity index (χ0v) is 16.6. The molecule has 0 N–H and O–H groups in total. The summed E-state index contributed by atoms with van der Waals surface area (Å²) in [6.45, 7) is 1.89. The first-order chi connectivity index (χ1) is 12.9. The van der Waals surface area contributed by atoms with Crippen molar-refractivity contribution < 1.29 is 22.7 Å². The maximum absolute atomic E-state index is 12.9. The normalized spacial score (nSPS) is 18.5. The standard InChI is InChI=1S/C18H23ClN2O5S/c19-15-7-6-14(18(23)26-13-17(22)20-8-4-5-9-20)12-16(15)27(24,25)21-10-2-1-3-11-21/h6-7,12H,1-5,8-11,13H2. The molecule has 9 heteroatoms. The van der Waals surface area contributed by atoms with Gasteiger partial charge in [-0.25, -0.2) is 13.2 Å². The number of rotatable bonds is 5. The van der Waals surface area contributed by atoms with Gasteiger partial charge in [0.15, 0.2) is 6.61 Å². The Morgan fingerprint density at radius 3 is 2.30 bits per heavy atom. The average Bonchev–Trinajstić information content (AvgIpc) is 3.21. The molecule has 1 amide bonds. The molecule has 0 radical (unpaired) electrons. The number of amides is 1. The number of benzene rings is 1. The highest BCUT2D eigenvalue weighted by Crippen LogP contribution is 2.28. The first-order valence-electron chi connectivity index (χ1n) is 9.14. The van der Waals surface area contributed by atoms with Gasteiger partial charge in [-0.1, -0.05) is 18.0 Å². The van der Waals surface area contributed by atoms with Crippen LogP contribution < -0.4 is 0 Å². The first kappa shape index (κ1) is 20.1. The minimum Gasteiger partial charge on any atom is -0.452 e. The molecule has 0 bridgehead atoms. The predicted octanol–water partition coefficient (Wildman–Crippen LogP) is 2.29. The number of carbonyl (C=O) groups is 2. The molecule has 7 nitrogen and oxygen atoms in total. The lowest BCUT2D eigenvalue weighted by atomic mass is 10.2. The number of likely N-dealkylation sites (tertiary alicyclic amines) is 1. The van der Waals surface area contributed by atoms with Gasteiger partial charge in [0.05, 0.1) is 10.6 Å². The van der Waals surface area contributed by atoms with Crippen LogP contribution in [0.5, 0.6) is 0 Å². The Kier molecular flexibility index (Phi) is 6.39. The van der Waals surface area contributed by atoms with Gasteiger partial charge in [-0.2, -0.15) is 4.31 Å². The molecule has 2 aliphatic heterocycles. The van der Waals surface area contributed by atoms with E-state index in [0.29, 0.717) is 26.2 Å². The lowest BCUT2D eigenvalue weighted by Crippen LogP contribution is -2.35. The molecule has 2 saturated heterocycles. The van der Waals surface area contributed by atoms with Crippen LogP contribution in [0.1, 0.15) is 42.5 Å². The van der Waals surface area contributed by atoms with Crippen LogP contribution in [0, 0.1) is 0 Å². The van der Waals surface area contributed by atoms with Crippen LogP contribution in [0.15, 0.2) is 23.1 Å². The second-order valence-corrected chi connectivity index (χ2v) is 9.09. The van der Waals surface area contributed by atoms with Crippen molar-refractivity contribution in [2.75, 3.05) is 32.8 Å². The average molecular weight is 415 g/mol. The molecule has 0 aliphatic carbocycles. The summed E-state index contributed by atoms with van der Waals surface area (Å²) in [4.78, 5) is 25.8. The van der Waals surface area contributed by atoms with Crippen molar-refractivity contribution in [3.05, 3.63) is 28.8 Å². The topological polar surface area (TPSA) is 84.0 Å². The highest BCUT2D eigenvalue weighted by atomic mass is 35.5. The van der Waals surface area contributed by atoms with Crippen molar-refractivity contribution in [2.45, 2.75) is 37.0 Å². The molecule has 0 unspecified atom stereocenters. The highest BCUT2D eigenvalue weighted by molar-refractivity contribution is 7.89. The van der Waals surface area contributed by atoms with Gasteiger partial charge >= 0.3 is 5.97 Å². The van der Waals surface area contributed by atoms with Gasteiger partial charge in [0, 0.05) is 26.2 Å². The minimum absolute atomic E-state index is 0.0595. The molecular formula is C18H23ClN2O5S. The van der Waals surface area contributed by atoms with Crippen LogP contribution in [-0.2, 0) is 19.6 Å². The van der Waals surface area contributed by atoms with E-state index in [1.165, 1.54) is 22.5 Å². The fraction of sp³-hybridized carbons (Fsp3) is 0.556. The minimum atomic E-state index is -3.77. The number of piperidine rings is 1. The number of hydrogen-bond acceptors (Lipinski definition) is 5. The van der Waals surface area contributed by atoms with E-state index >= 15 is 0 Å². The van der Waals surface area contributed by atoms with Crippen LogP contribution in [0.25, 0.3) is 0 Å². The van der Waals surface area contributed by atoms with Crippen LogP contribution in [0.4, 0.5) is 0 Å². The molecule has 2 fully saturated rings. The molecule has 0 atom stereocenters. The maximum Gasteiger partial charge on any atom is 0.338 e. The van der Waals surface area contributed by atoms with Gasteiger partial charge in [0.1, 0.15) is 4.90 Å². The molecule has 0 spiro atoms. The van der Waals surface area contributed by atoms with Crippen molar-refractivity contribution >= 4 is 33.5 Å². The fourth-order valence-electron chi connectivity index (χ4n) is 3.34. The Labute approximate surface area is 164 Å². The second kappa shape index (κ2) is 8.58. The molecule has 27 heavy (non-hydrogen) atoms. The SMILES string of the molecule is O=C(OCC(=O)N1CCCC1)c1ccc(Cl)c(S(=O)(=O)N2CCCCC2)c1. The van der Waals surface area contributed by atoms with Gasteiger partial charge in [-0.05, 0) is 43.9 Å². The summed E-state index contributed by atoms with van der Waals surface area (Å²) < 4.78 is 32.2. The fourth-order valence-corrected chi connectivity index (χ4v) is 5.36. The van der Waals surface area contributed by atoms with E-state index in [4.69, 9.17) is 16.3 Å². The summed E-state index contributed by atoms with van der Waals surface area (Å²) in [5.41, 5.74) is 0.0595. The van der Waals surface area contributed by atoms with E-state index < -0.39 is 16.0 Å². The number of carbonyl (C=O) groups excluding carboxylic acids is 2. The summed E-state index contributed by atoms with van der Waals surface area (Å²) in [5.74, 6) is -0.981. The van der Waals surface area contributed by atoms with Crippen molar-refractivity contribution in [3.63, 3.8) is 0 Å². The Balaban J connectivity index is 1.72. The Bertz CT molecular complexity index is 815. The Morgan fingerprint density at radius 2 is 1.63 bits per heavy atom. The molecule has 3 rings (SSSR count). The molecule has 2 aliphatic rings.